The number of rotatable bonds is 5. The SMILES string of the molecule is CC(Cc1cccc(Br)c1)=NNO[P+](=O)O. The number of hydrogen-bond acceptors (Lipinski definition) is 4. The van der Waals surface area contributed by atoms with Gasteiger partial charge >= 0.3 is 8.25 Å². The van der Waals surface area contributed by atoms with Crippen molar-refractivity contribution in [1.29, 1.82) is 0 Å². The monoisotopic (exact) mass is 305 g/mol. The second-order valence-electron chi connectivity index (χ2n) is 3.07. The first-order valence-electron chi connectivity index (χ1n) is 4.43. The summed E-state index contributed by atoms with van der Waals surface area (Å²) in [6.07, 6.45) is 0.637. The second-order valence-corrected chi connectivity index (χ2v) is 4.65. The van der Waals surface area contributed by atoms with Gasteiger partial charge in [0.2, 0.25) is 0 Å². The molecule has 0 saturated heterocycles. The lowest BCUT2D eigenvalue weighted by Crippen LogP contribution is -2.07. The molecule has 86 valence electrons. The molecular formula is C9H11BrN2O3P+. The van der Waals surface area contributed by atoms with E-state index in [2.05, 4.69) is 31.2 Å². The molecule has 0 bridgehead atoms. The van der Waals surface area contributed by atoms with E-state index in [-0.39, 0.29) is 0 Å². The second kappa shape index (κ2) is 6.70. The number of nitrogens with zero attached hydrogens (tertiary/aromatic N) is 1. The summed E-state index contributed by atoms with van der Waals surface area (Å²) in [7, 11) is -2.67. The minimum Gasteiger partial charge on any atom is -0.160 e. The minimum absolute atomic E-state index is 0.637. The minimum atomic E-state index is -2.67. The highest BCUT2D eigenvalue weighted by Crippen LogP contribution is 2.13. The third-order valence-electron chi connectivity index (χ3n) is 1.70. The predicted octanol–water partition coefficient (Wildman–Crippen LogP) is 2.54. The zero-order valence-corrected chi connectivity index (χ0v) is 11.0. The molecule has 1 unspecified atom stereocenters. The number of hydrazone groups is 1. The Morgan fingerprint density at radius 1 is 1.69 bits per heavy atom. The zero-order chi connectivity index (χ0) is 12.0. The van der Waals surface area contributed by atoms with E-state index >= 15 is 0 Å². The molecule has 0 spiro atoms. The summed E-state index contributed by atoms with van der Waals surface area (Å²) < 4.78 is 15.4. The molecule has 0 aliphatic rings. The van der Waals surface area contributed by atoms with Crippen LogP contribution in [0, 0.1) is 0 Å². The summed E-state index contributed by atoms with van der Waals surface area (Å²) >= 11 is 3.37. The Balaban J connectivity index is 2.50. The van der Waals surface area contributed by atoms with E-state index in [9.17, 15) is 4.57 Å². The summed E-state index contributed by atoms with van der Waals surface area (Å²) in [5.41, 5.74) is 3.90. The van der Waals surface area contributed by atoms with Crippen LogP contribution in [0.2, 0.25) is 0 Å². The molecule has 1 rings (SSSR count). The van der Waals surface area contributed by atoms with Crippen LogP contribution in [0.5, 0.6) is 0 Å². The van der Waals surface area contributed by atoms with Gasteiger partial charge in [0, 0.05) is 25.8 Å². The van der Waals surface area contributed by atoms with Gasteiger partial charge in [-0.3, -0.25) is 0 Å². The highest BCUT2D eigenvalue weighted by molar-refractivity contribution is 9.10. The van der Waals surface area contributed by atoms with E-state index in [1.807, 2.05) is 24.3 Å². The zero-order valence-electron chi connectivity index (χ0n) is 8.55. The van der Waals surface area contributed by atoms with Gasteiger partial charge in [0.25, 0.3) is 0 Å². The van der Waals surface area contributed by atoms with Gasteiger partial charge in [0.1, 0.15) is 0 Å². The van der Waals surface area contributed by atoms with Crippen molar-refractivity contribution >= 4 is 29.9 Å². The first-order chi connectivity index (χ1) is 7.58. The Hall–Kier alpha value is -0.810. The van der Waals surface area contributed by atoms with Crippen LogP contribution in [0.15, 0.2) is 33.8 Å². The molecule has 0 radical (unpaired) electrons. The molecule has 0 fully saturated rings. The maximum atomic E-state index is 10.2. The highest BCUT2D eigenvalue weighted by atomic mass is 79.9. The molecule has 0 amide bonds. The van der Waals surface area contributed by atoms with Crippen LogP contribution < -0.4 is 5.59 Å². The largest absolute Gasteiger partial charge is 0.720 e. The average molecular weight is 306 g/mol. The Bertz CT molecular complexity index is 411. The van der Waals surface area contributed by atoms with Crippen molar-refractivity contribution in [3.05, 3.63) is 34.3 Å². The fraction of sp³-hybridized carbons (Fsp3) is 0.222. The highest BCUT2D eigenvalue weighted by Gasteiger charge is 2.10. The van der Waals surface area contributed by atoms with Crippen molar-refractivity contribution < 1.29 is 14.1 Å². The Morgan fingerprint density at radius 2 is 2.44 bits per heavy atom. The molecule has 1 atom stereocenters. The fourth-order valence-electron chi connectivity index (χ4n) is 1.12. The first-order valence-corrected chi connectivity index (χ1v) is 6.36. The van der Waals surface area contributed by atoms with Crippen LogP contribution in [-0.4, -0.2) is 10.6 Å². The molecule has 2 N–H and O–H groups in total. The standard InChI is InChI=1S/C9H10BrN2O3P/c1-7(11-12-15-16(13)14)5-8-3-2-4-9(10)6-8/h2-4,6,12H,5H2,1H3/p+1. The van der Waals surface area contributed by atoms with E-state index in [1.54, 1.807) is 6.92 Å². The van der Waals surface area contributed by atoms with Crippen molar-refractivity contribution in [2.24, 2.45) is 5.10 Å². The Labute approximate surface area is 103 Å². The van der Waals surface area contributed by atoms with Gasteiger partial charge in [-0.2, -0.15) is 5.10 Å². The number of hydrogen-bond donors (Lipinski definition) is 2. The van der Waals surface area contributed by atoms with Crippen molar-refractivity contribution in [2.45, 2.75) is 13.3 Å². The Kier molecular flexibility index (Phi) is 5.55. The van der Waals surface area contributed by atoms with Crippen LogP contribution in [0.3, 0.4) is 0 Å². The molecule has 1 aromatic carbocycles. The molecule has 1 aromatic rings. The van der Waals surface area contributed by atoms with Crippen molar-refractivity contribution in [3.8, 4) is 0 Å². The topological polar surface area (TPSA) is 70.9 Å². The quantitative estimate of drug-likeness (QED) is 0.498. The third-order valence-corrected chi connectivity index (χ3v) is 2.44. The van der Waals surface area contributed by atoms with Gasteiger partial charge in [0.05, 0.1) is 0 Å². The lowest BCUT2D eigenvalue weighted by Gasteiger charge is -2.00. The normalized spacial score (nSPS) is 12.4. The molecular weight excluding hydrogens is 295 g/mol. The number of halogens is 1. The van der Waals surface area contributed by atoms with Gasteiger partial charge < -0.3 is 0 Å². The van der Waals surface area contributed by atoms with E-state index in [0.717, 1.165) is 15.7 Å². The molecule has 16 heavy (non-hydrogen) atoms. The maximum absolute atomic E-state index is 10.2. The van der Waals surface area contributed by atoms with Crippen molar-refractivity contribution in [2.75, 3.05) is 0 Å². The summed E-state index contributed by atoms with van der Waals surface area (Å²) in [5, 5.41) is 3.77. The lowest BCUT2D eigenvalue weighted by atomic mass is 10.1. The third kappa shape index (κ3) is 5.32. The summed E-state index contributed by atoms with van der Waals surface area (Å²) in [4.78, 5) is 8.34. The van der Waals surface area contributed by atoms with Crippen molar-refractivity contribution in [1.82, 2.24) is 5.59 Å². The summed E-state index contributed by atoms with van der Waals surface area (Å²) in [6.45, 7) is 1.79. The number of benzene rings is 1. The van der Waals surface area contributed by atoms with Crippen LogP contribution >= 0.6 is 24.2 Å². The van der Waals surface area contributed by atoms with Crippen LogP contribution in [0.1, 0.15) is 12.5 Å². The van der Waals surface area contributed by atoms with E-state index in [4.69, 9.17) is 4.89 Å². The van der Waals surface area contributed by atoms with Gasteiger partial charge in [-0.25, -0.2) is 0 Å². The summed E-state index contributed by atoms with van der Waals surface area (Å²) in [5.74, 6) is 0. The van der Waals surface area contributed by atoms with Crippen molar-refractivity contribution in [3.63, 3.8) is 0 Å². The smallest absolute Gasteiger partial charge is 0.160 e. The van der Waals surface area contributed by atoms with Gasteiger partial charge in [-0.1, -0.05) is 28.1 Å². The van der Waals surface area contributed by atoms with E-state index in [0.29, 0.717) is 6.42 Å². The van der Waals surface area contributed by atoms with Crippen LogP contribution in [0.4, 0.5) is 0 Å². The summed E-state index contributed by atoms with van der Waals surface area (Å²) in [6, 6.07) is 7.82. The fourth-order valence-corrected chi connectivity index (χ4v) is 1.67. The maximum Gasteiger partial charge on any atom is 0.720 e. The Morgan fingerprint density at radius 3 is 3.06 bits per heavy atom. The molecule has 0 saturated carbocycles. The van der Waals surface area contributed by atoms with Gasteiger partial charge in [-0.05, 0) is 24.6 Å². The average Bonchev–Trinajstić information content (AvgIpc) is 2.16. The predicted molar refractivity (Wildman–Crippen MR) is 65.0 cm³/mol. The molecule has 0 aliphatic heterocycles. The first kappa shape index (κ1) is 13.3. The van der Waals surface area contributed by atoms with Crippen LogP contribution in [0.25, 0.3) is 0 Å². The number of nitrogens with one attached hydrogen (secondary N) is 1. The molecule has 5 nitrogen and oxygen atoms in total. The van der Waals surface area contributed by atoms with E-state index in [1.165, 1.54) is 0 Å². The van der Waals surface area contributed by atoms with Gasteiger partial charge in [0.15, 0.2) is 0 Å². The molecule has 0 aliphatic carbocycles. The molecule has 7 heteroatoms. The molecule has 0 heterocycles. The lowest BCUT2D eigenvalue weighted by molar-refractivity contribution is 0.186. The van der Waals surface area contributed by atoms with Gasteiger partial charge in [-0.15, -0.1) is 10.5 Å². The molecule has 0 aromatic heterocycles. The van der Waals surface area contributed by atoms with E-state index < -0.39 is 8.25 Å². The van der Waals surface area contributed by atoms with Crippen LogP contribution in [-0.2, 0) is 15.6 Å².